The number of unbranched alkanes of at least 4 members (excludes halogenated alkanes) is 6. The molecule has 0 aliphatic heterocycles. The summed E-state index contributed by atoms with van der Waals surface area (Å²) in [5.41, 5.74) is 0. The highest BCUT2D eigenvalue weighted by Gasteiger charge is 2.26. The standard InChI is InChI=1S/C22H44NO8P/c1-6-8-10-11-13-14-21(24)28-18-20(31-22(25)15-12-9-7-2)19-30-32(26,27)29-17-16-23(3,4)5/h20H,6-19H2,1-5H3/p+1/t20-/m1/s1. The van der Waals surface area contributed by atoms with Gasteiger partial charge in [0.25, 0.3) is 0 Å². The van der Waals surface area contributed by atoms with Crippen molar-refractivity contribution in [2.24, 2.45) is 0 Å². The first-order chi connectivity index (χ1) is 15.0. The Kier molecular flexibility index (Phi) is 16.9. The molecular weight excluding hydrogens is 437 g/mol. The van der Waals surface area contributed by atoms with E-state index in [1.54, 1.807) is 0 Å². The van der Waals surface area contributed by atoms with E-state index in [1.165, 1.54) is 0 Å². The van der Waals surface area contributed by atoms with Crippen LogP contribution in [0.25, 0.3) is 0 Å². The fourth-order valence-corrected chi connectivity index (χ4v) is 3.40. The van der Waals surface area contributed by atoms with Gasteiger partial charge in [-0.3, -0.25) is 18.6 Å². The van der Waals surface area contributed by atoms with Crippen LogP contribution in [0.4, 0.5) is 0 Å². The summed E-state index contributed by atoms with van der Waals surface area (Å²) >= 11 is 0. The smallest absolute Gasteiger partial charge is 0.462 e. The maximum atomic E-state index is 12.1. The Morgan fingerprint density at radius 1 is 0.844 bits per heavy atom. The topological polar surface area (TPSA) is 108 Å². The number of phosphoric ester groups is 1. The van der Waals surface area contributed by atoms with Crippen LogP contribution in [0.15, 0.2) is 0 Å². The first-order valence-corrected chi connectivity index (χ1v) is 13.3. The third-order valence-electron chi connectivity index (χ3n) is 4.64. The second kappa shape index (κ2) is 17.5. The molecule has 0 radical (unpaired) electrons. The van der Waals surface area contributed by atoms with Gasteiger partial charge in [-0.1, -0.05) is 52.4 Å². The number of nitrogens with zero attached hydrogens (tertiary/aromatic N) is 1. The van der Waals surface area contributed by atoms with Crippen LogP contribution in [0.1, 0.15) is 78.1 Å². The maximum Gasteiger partial charge on any atom is 0.472 e. The lowest BCUT2D eigenvalue weighted by atomic mass is 10.1. The van der Waals surface area contributed by atoms with E-state index in [1.807, 2.05) is 28.1 Å². The summed E-state index contributed by atoms with van der Waals surface area (Å²) in [5.74, 6) is -0.846. The number of carbonyl (C=O) groups excluding carboxylic acids is 2. The molecule has 0 heterocycles. The Labute approximate surface area is 193 Å². The lowest BCUT2D eigenvalue weighted by molar-refractivity contribution is -0.870. The predicted molar refractivity (Wildman–Crippen MR) is 123 cm³/mol. The number of rotatable bonds is 20. The largest absolute Gasteiger partial charge is 0.472 e. The minimum Gasteiger partial charge on any atom is -0.462 e. The molecule has 0 spiro atoms. The van der Waals surface area contributed by atoms with Crippen LogP contribution in [0.2, 0.25) is 0 Å². The average molecular weight is 483 g/mol. The van der Waals surface area contributed by atoms with Crippen LogP contribution in [0.5, 0.6) is 0 Å². The van der Waals surface area contributed by atoms with E-state index in [4.69, 9.17) is 18.5 Å². The van der Waals surface area contributed by atoms with Crippen molar-refractivity contribution in [2.45, 2.75) is 84.2 Å². The molecule has 190 valence electrons. The summed E-state index contributed by atoms with van der Waals surface area (Å²) in [7, 11) is 1.47. The fourth-order valence-electron chi connectivity index (χ4n) is 2.66. The number of esters is 2. The predicted octanol–water partition coefficient (Wildman–Crippen LogP) is 4.22. The number of phosphoric acid groups is 1. The first kappa shape index (κ1) is 31.0. The normalized spacial score (nSPS) is 14.6. The molecule has 0 fully saturated rings. The van der Waals surface area contributed by atoms with Gasteiger partial charge < -0.3 is 18.9 Å². The highest BCUT2D eigenvalue weighted by Crippen LogP contribution is 2.43. The van der Waals surface area contributed by atoms with E-state index in [9.17, 15) is 19.0 Å². The van der Waals surface area contributed by atoms with Gasteiger partial charge in [-0.05, 0) is 12.8 Å². The van der Waals surface area contributed by atoms with Gasteiger partial charge in [-0.15, -0.1) is 0 Å². The van der Waals surface area contributed by atoms with Crippen LogP contribution in [-0.4, -0.2) is 74.9 Å². The van der Waals surface area contributed by atoms with Crippen molar-refractivity contribution < 1.29 is 42.1 Å². The zero-order chi connectivity index (χ0) is 24.5. The highest BCUT2D eigenvalue weighted by atomic mass is 31.2. The Bertz CT molecular complexity index is 565. The Morgan fingerprint density at radius 2 is 1.41 bits per heavy atom. The van der Waals surface area contributed by atoms with E-state index in [0.717, 1.165) is 44.9 Å². The van der Waals surface area contributed by atoms with Gasteiger partial charge in [-0.2, -0.15) is 0 Å². The van der Waals surface area contributed by atoms with Crippen LogP contribution >= 0.6 is 7.82 Å². The molecule has 0 saturated carbocycles. The van der Waals surface area contributed by atoms with Crippen molar-refractivity contribution in [1.82, 2.24) is 0 Å². The van der Waals surface area contributed by atoms with Crippen molar-refractivity contribution in [1.29, 1.82) is 0 Å². The van der Waals surface area contributed by atoms with E-state index >= 15 is 0 Å². The number of hydrogen-bond acceptors (Lipinski definition) is 7. The minimum atomic E-state index is -4.32. The Balaban J connectivity index is 4.60. The van der Waals surface area contributed by atoms with Crippen LogP contribution in [0, 0.1) is 0 Å². The van der Waals surface area contributed by atoms with Gasteiger partial charge in [0.2, 0.25) is 0 Å². The molecule has 10 heteroatoms. The van der Waals surface area contributed by atoms with Gasteiger partial charge in [0.15, 0.2) is 6.10 Å². The van der Waals surface area contributed by atoms with Crippen molar-refractivity contribution >= 4 is 19.8 Å². The van der Waals surface area contributed by atoms with E-state index in [2.05, 4.69) is 6.92 Å². The number of quaternary nitrogens is 1. The molecule has 0 bridgehead atoms. The zero-order valence-corrected chi connectivity index (χ0v) is 21.6. The maximum absolute atomic E-state index is 12.1. The summed E-state index contributed by atoms with van der Waals surface area (Å²) < 4.78 is 33.2. The van der Waals surface area contributed by atoms with Crippen LogP contribution in [0.3, 0.4) is 0 Å². The third kappa shape index (κ3) is 19.7. The molecule has 9 nitrogen and oxygen atoms in total. The molecule has 0 aliphatic carbocycles. The Hall–Kier alpha value is -0.990. The monoisotopic (exact) mass is 482 g/mol. The van der Waals surface area contributed by atoms with Gasteiger partial charge in [-0.25, -0.2) is 4.57 Å². The highest BCUT2D eigenvalue weighted by molar-refractivity contribution is 7.47. The lowest BCUT2D eigenvalue weighted by Crippen LogP contribution is -2.37. The van der Waals surface area contributed by atoms with Gasteiger partial charge in [0.05, 0.1) is 27.7 Å². The average Bonchev–Trinajstić information content (AvgIpc) is 2.69. The molecule has 0 aromatic rings. The molecule has 1 unspecified atom stereocenters. The van der Waals surface area contributed by atoms with E-state index < -0.39 is 26.5 Å². The molecule has 0 aromatic carbocycles. The summed E-state index contributed by atoms with van der Waals surface area (Å²) in [6.45, 7) is 4.07. The molecular formula is C22H45NO8P+. The van der Waals surface area contributed by atoms with Crippen molar-refractivity contribution in [3.05, 3.63) is 0 Å². The van der Waals surface area contributed by atoms with Gasteiger partial charge in [0, 0.05) is 12.8 Å². The summed E-state index contributed by atoms with van der Waals surface area (Å²) in [4.78, 5) is 33.9. The molecule has 2 atom stereocenters. The molecule has 0 aromatic heterocycles. The molecule has 0 saturated heterocycles. The molecule has 0 rings (SSSR count). The number of ether oxygens (including phenoxy) is 2. The molecule has 0 amide bonds. The van der Waals surface area contributed by atoms with Gasteiger partial charge >= 0.3 is 19.8 Å². The molecule has 1 N–H and O–H groups in total. The number of likely N-dealkylation sites (N-methyl/N-ethyl adjacent to an activating group) is 1. The number of carbonyl (C=O) groups is 2. The van der Waals surface area contributed by atoms with Crippen molar-refractivity contribution in [3.8, 4) is 0 Å². The minimum absolute atomic E-state index is 0.0335. The summed E-state index contributed by atoms with van der Waals surface area (Å²) in [5, 5.41) is 0. The SMILES string of the molecule is CCCCCCCC(=O)OC[C@H](COP(=O)(O)OCC[N+](C)(C)C)OC(=O)CCCCC. The second-order valence-electron chi connectivity index (χ2n) is 9.03. The van der Waals surface area contributed by atoms with Crippen LogP contribution in [-0.2, 0) is 32.7 Å². The summed E-state index contributed by atoms with van der Waals surface area (Å²) in [6.07, 6.45) is 7.13. The van der Waals surface area contributed by atoms with Crippen molar-refractivity contribution in [2.75, 3.05) is 47.5 Å². The third-order valence-corrected chi connectivity index (χ3v) is 5.62. The van der Waals surface area contributed by atoms with Crippen molar-refractivity contribution in [3.63, 3.8) is 0 Å². The Morgan fingerprint density at radius 3 is 2.03 bits per heavy atom. The lowest BCUT2D eigenvalue weighted by Gasteiger charge is -2.24. The summed E-state index contributed by atoms with van der Waals surface area (Å²) in [6, 6.07) is 0. The molecule has 32 heavy (non-hydrogen) atoms. The van der Waals surface area contributed by atoms with E-state index in [-0.39, 0.29) is 32.0 Å². The molecule has 0 aliphatic rings. The second-order valence-corrected chi connectivity index (χ2v) is 10.5. The quantitative estimate of drug-likeness (QED) is 0.119. The van der Waals surface area contributed by atoms with Crippen LogP contribution < -0.4 is 0 Å². The first-order valence-electron chi connectivity index (χ1n) is 11.8. The van der Waals surface area contributed by atoms with E-state index in [0.29, 0.717) is 17.4 Å². The van der Waals surface area contributed by atoms with Gasteiger partial charge in [0.1, 0.15) is 19.8 Å². The zero-order valence-electron chi connectivity index (χ0n) is 20.7. The fraction of sp³-hybridized carbons (Fsp3) is 0.909. The number of hydrogen-bond donors (Lipinski definition) is 1.